The fraction of sp³-hybridized carbons (Fsp3) is 0.125. The molecule has 112 heavy (non-hydrogen) atoms. The maximum Gasteiger partial charge on any atom is 0.136 e. The van der Waals surface area contributed by atoms with E-state index in [-0.39, 0.29) is 220 Å². The van der Waals surface area contributed by atoms with Crippen molar-refractivity contribution >= 4 is 534 Å². The van der Waals surface area contributed by atoms with E-state index in [2.05, 4.69) is 458 Å². The molecule has 0 radical (unpaired) electrons. The third-order valence-corrected chi connectivity index (χ3v) is 448. The number of hydrogen-bond acceptors (Lipinski definition) is 2. The minimum Gasteiger partial charge on any atom is -0.456 e. The second-order valence-electron chi connectivity index (χ2n) is 24.8. The maximum absolute atomic E-state index is 6.33. The van der Waals surface area contributed by atoms with Crippen LogP contribution in [0.5, 0.6) is 0 Å². The Labute approximate surface area is 779 Å². The van der Waals surface area contributed by atoms with Crippen molar-refractivity contribution in [2.24, 2.45) is 0 Å². The van der Waals surface area contributed by atoms with Crippen LogP contribution in [0, 0.1) is 0 Å². The zero-order valence-electron chi connectivity index (χ0n) is 60.7. The summed E-state index contributed by atoms with van der Waals surface area (Å²) in [5.74, 6) is 0. The van der Waals surface area contributed by atoms with Gasteiger partial charge in [0, 0.05) is 27.3 Å². The quantitative estimate of drug-likeness (QED) is 0.0381. The molecule has 0 N–H and O–H groups in total. The van der Waals surface area contributed by atoms with Gasteiger partial charge in [0.2, 0.25) is 0 Å². The van der Waals surface area contributed by atoms with Gasteiger partial charge < -0.3 is 9.32 Å². The highest BCUT2D eigenvalue weighted by atomic mass is 33.6. The molecule has 32 unspecified atom stereocenters. The largest absolute Gasteiger partial charge is 0.456 e. The van der Waals surface area contributed by atoms with Crippen LogP contribution in [-0.4, -0.2) is 0 Å². The first-order valence-electron chi connectivity index (χ1n) is 31.7. The van der Waals surface area contributed by atoms with Crippen LogP contribution >= 0.6 is 495 Å². The highest BCUT2D eigenvalue weighted by Gasteiger charge is 2.62. The van der Waals surface area contributed by atoms with Gasteiger partial charge in [0.15, 0.2) is 0 Å². The molecule has 10 rings (SSSR count). The molecule has 1 aromatic heterocycles. The number of para-hydroxylation sites is 1. The summed E-state index contributed by atoms with van der Waals surface area (Å²) >= 11 is 0. The molecule has 7 aromatic carbocycles. The van der Waals surface area contributed by atoms with E-state index in [1.165, 1.54) is 55.9 Å². The molecular formula is C48H101NOP62. The molecule has 0 fully saturated rings. The Bertz CT molecular complexity index is 3990. The van der Waals surface area contributed by atoms with Crippen molar-refractivity contribution in [2.45, 2.75) is 38.5 Å². The standard InChI is InChI=1S/C48H37NO.H64P62/c1-47(2)39-21-8-5-16-33(39)37-19-12-23-41(45(37)47)49(42-24-13-20-38-34-17-6-9-22-40(34)48(3,4)46(38)42)32-15-11-14-30(28-32)31-26-27-36-35-18-7-10-25-43(35)50-44(36)29-31;1-33(2)49(34(3)4)57(50(35(5)6)36(7)8)61(58(51(37(9)10)38(11)12)52(39(13)14)40(15)16)62(59(53(41(17)18)42(19)20)54(43(21)22)44(23)24)60(55(45(25)26)46(27)28)56(47(29)30)48(31)32/h5-29H,1-4H3;1-32H2. The van der Waals surface area contributed by atoms with Crippen molar-refractivity contribution in [1.82, 2.24) is 0 Å². The van der Waals surface area contributed by atoms with E-state index in [9.17, 15) is 0 Å². The van der Waals surface area contributed by atoms with E-state index in [1.807, 2.05) is 12.1 Å². The summed E-state index contributed by atoms with van der Waals surface area (Å²) in [7, 11) is 114. The van der Waals surface area contributed by atoms with E-state index in [0.717, 1.165) is 38.8 Å². The Balaban J connectivity index is 0.000000261. The van der Waals surface area contributed by atoms with Crippen LogP contribution in [-0.2, 0) is 10.8 Å². The zero-order valence-corrected chi connectivity index (χ0v) is 124. The Morgan fingerprint density at radius 1 is 0.232 bits per heavy atom. The second-order valence-corrected chi connectivity index (χ2v) is 281. The van der Waals surface area contributed by atoms with Crippen LogP contribution in [0.3, 0.4) is 0 Å². The van der Waals surface area contributed by atoms with Gasteiger partial charge in [-0.2, -0.15) is 0 Å². The van der Waals surface area contributed by atoms with Crippen molar-refractivity contribution in [3.63, 3.8) is 0 Å². The molecule has 2 nitrogen and oxygen atoms in total. The first kappa shape index (κ1) is 116. The number of furan rings is 1. The first-order valence-corrected chi connectivity index (χ1v) is 144. The van der Waals surface area contributed by atoms with Gasteiger partial charge in [0.1, 0.15) is 11.2 Å². The van der Waals surface area contributed by atoms with Gasteiger partial charge in [-0.15, -0.1) is 286 Å². The molecule has 0 bridgehead atoms. The SMILES string of the molecule is CC1(C)c2ccccc2-c2cccc(N(c3cccc(-c4ccc5c(c4)oc4ccccc45)c3)c3cccc4c3C(C)(C)c3ccccc3-4)c21.PP(P)P(P(P)P)P(P(P(P)P)P(P)P)P(P(P(P(P)P)P(P)P)P(P(P)P)P(P)P)P(P(P(P(P)P)P(P)P)P(P(P)P)P(P)P)P(P(P(P)P)P(P)P)P(P(P)P)P(P)P. The lowest BCUT2D eigenvalue weighted by Gasteiger charge is -2.60. The average molecular weight is 2630 g/mol. The number of fused-ring (bicyclic) bond motifs is 9. The van der Waals surface area contributed by atoms with Gasteiger partial charge in [-0.1, -0.05) is 137 Å². The van der Waals surface area contributed by atoms with Crippen molar-refractivity contribution in [2.75, 3.05) is 4.90 Å². The predicted molar refractivity (Wildman–Crippen MR) is 727 cm³/mol. The minimum absolute atomic E-state index is 0.179. The summed E-state index contributed by atoms with van der Waals surface area (Å²) in [6.07, 6.45) is 0. The van der Waals surface area contributed by atoms with Gasteiger partial charge in [-0.05, 0) is 308 Å². The van der Waals surface area contributed by atoms with E-state index < -0.39 is 0 Å². The van der Waals surface area contributed by atoms with Crippen LogP contribution < -0.4 is 4.90 Å². The molecule has 0 amide bonds. The molecule has 32 atom stereocenters. The van der Waals surface area contributed by atoms with Gasteiger partial charge in [0.05, 0.1) is 11.4 Å². The first-order chi connectivity index (χ1) is 52.5. The summed E-state index contributed by atoms with van der Waals surface area (Å²) in [4.78, 5) is 2.54. The normalized spacial score (nSPS) is 14.7. The van der Waals surface area contributed by atoms with Crippen molar-refractivity contribution in [3.05, 3.63) is 174 Å². The van der Waals surface area contributed by atoms with Crippen LogP contribution in [0.2, 0.25) is 0 Å². The number of anilines is 3. The van der Waals surface area contributed by atoms with Crippen LogP contribution in [0.1, 0.15) is 49.9 Å². The topological polar surface area (TPSA) is 16.4 Å². The molecule has 2 aliphatic rings. The van der Waals surface area contributed by atoms with Crippen LogP contribution in [0.4, 0.5) is 17.1 Å². The van der Waals surface area contributed by atoms with Gasteiger partial charge >= 0.3 is 0 Å². The fourth-order valence-corrected chi connectivity index (χ4v) is 913. The van der Waals surface area contributed by atoms with Crippen LogP contribution in [0.15, 0.2) is 156 Å². The van der Waals surface area contributed by atoms with Crippen molar-refractivity contribution < 1.29 is 4.42 Å². The van der Waals surface area contributed by atoms with E-state index in [1.54, 1.807) is 0 Å². The molecule has 0 aliphatic heterocycles. The van der Waals surface area contributed by atoms with Gasteiger partial charge in [0.25, 0.3) is 0 Å². The Kier molecular flexibility index (Phi) is 57.0. The molecule has 0 spiro atoms. The summed E-state index contributed by atoms with van der Waals surface area (Å²) in [6, 6.07) is 55.6. The summed E-state index contributed by atoms with van der Waals surface area (Å²) in [5, 5.41) is 2.29. The summed E-state index contributed by atoms with van der Waals surface area (Å²) in [5.41, 5.74) is 18.1. The summed E-state index contributed by atoms with van der Waals surface area (Å²) in [6.45, 7) is 2.16. The zero-order chi connectivity index (χ0) is 83.1. The van der Waals surface area contributed by atoms with Crippen LogP contribution in [0.25, 0.3) is 55.3 Å². The van der Waals surface area contributed by atoms with Crippen molar-refractivity contribution in [3.8, 4) is 33.4 Å². The minimum atomic E-state index is -0.292. The highest BCUT2D eigenvalue weighted by Crippen LogP contribution is 3.49. The van der Waals surface area contributed by atoms with Gasteiger partial charge in [-0.3, -0.25) is 0 Å². The lowest BCUT2D eigenvalue weighted by Crippen LogP contribution is -2.24. The molecular weight excluding hydrogens is 2530 g/mol. The molecule has 0 saturated heterocycles. The lowest BCUT2D eigenvalue weighted by atomic mass is 9.80. The maximum atomic E-state index is 6.33. The monoisotopic (exact) mass is 2630 g/mol. The smallest absolute Gasteiger partial charge is 0.136 e. The number of rotatable bonds is 33. The molecule has 8 aromatic rings. The van der Waals surface area contributed by atoms with Crippen molar-refractivity contribution in [1.29, 1.82) is 0 Å². The molecule has 2 aliphatic carbocycles. The third-order valence-electron chi connectivity index (χ3n) is 16.8. The number of hydrogen-bond donors (Lipinski definition) is 0. The fourth-order valence-electron chi connectivity index (χ4n) is 12.9. The average Bonchev–Trinajstić information content (AvgIpc) is 0.855. The summed E-state index contributed by atoms with van der Waals surface area (Å²) < 4.78 is 6.33. The molecule has 614 valence electrons. The van der Waals surface area contributed by atoms with E-state index in [4.69, 9.17) is 4.42 Å². The molecule has 0 saturated carbocycles. The Morgan fingerprint density at radius 2 is 0.491 bits per heavy atom. The second kappa shape index (κ2) is 54.8. The number of benzene rings is 7. The molecule has 1 heterocycles. The van der Waals surface area contributed by atoms with E-state index in [0.29, 0.717) is 0 Å². The number of nitrogens with zero attached hydrogens (tertiary/aromatic N) is 1. The van der Waals surface area contributed by atoms with E-state index >= 15 is 0 Å². The van der Waals surface area contributed by atoms with Gasteiger partial charge in [-0.25, -0.2) is 0 Å². The Hall–Kier alpha value is 20.8. The lowest BCUT2D eigenvalue weighted by molar-refractivity contribution is 0.656. The predicted octanol–water partition coefficient (Wildman–Crippen LogP) is 49.6. The Morgan fingerprint density at radius 3 is 0.812 bits per heavy atom. The highest BCUT2D eigenvalue weighted by molar-refractivity contribution is 9.55. The third kappa shape index (κ3) is 28.8. The molecule has 64 heteroatoms.